The summed E-state index contributed by atoms with van der Waals surface area (Å²) in [4.78, 5) is 12.2. The molecule has 1 atom stereocenters. The van der Waals surface area contributed by atoms with E-state index in [0.29, 0.717) is 19.6 Å². The lowest BCUT2D eigenvalue weighted by atomic mass is 10.0. The molecule has 0 bridgehead atoms. The standard InChI is InChI=1S/C49H90O4/c1-3-5-7-9-11-13-15-17-19-21-22-23-24-25-26-27-29-31-33-35-37-39-41-43-45-52-47-48(46-50)53-49(51)44-42-40-38-36-34-32-30-28-20-18-16-14-12-10-8-6-4-2/h12,14-15,17-18,20-22,48,50H,3-11,13,16,19,23-47H2,1-2H3/b14-12-,17-15-,20-18-,22-21-. The molecule has 4 nitrogen and oxygen atoms in total. The lowest BCUT2D eigenvalue weighted by Crippen LogP contribution is -2.27. The fourth-order valence-corrected chi connectivity index (χ4v) is 6.62. The van der Waals surface area contributed by atoms with Gasteiger partial charge in [-0.25, -0.2) is 0 Å². The Hall–Kier alpha value is -1.65. The maximum Gasteiger partial charge on any atom is 0.306 e. The average molecular weight is 743 g/mol. The molecule has 0 radical (unpaired) electrons. The van der Waals surface area contributed by atoms with Gasteiger partial charge in [-0.05, 0) is 77.0 Å². The molecule has 0 heterocycles. The van der Waals surface area contributed by atoms with Gasteiger partial charge in [0.05, 0.1) is 13.2 Å². The van der Waals surface area contributed by atoms with Gasteiger partial charge in [-0.3, -0.25) is 4.79 Å². The van der Waals surface area contributed by atoms with Crippen LogP contribution >= 0.6 is 0 Å². The highest BCUT2D eigenvalue weighted by Crippen LogP contribution is 2.14. The van der Waals surface area contributed by atoms with E-state index in [-0.39, 0.29) is 12.6 Å². The van der Waals surface area contributed by atoms with Crippen LogP contribution in [0.3, 0.4) is 0 Å². The molecule has 0 aliphatic heterocycles. The number of aliphatic hydroxyl groups excluding tert-OH is 1. The third-order valence-corrected chi connectivity index (χ3v) is 10.1. The summed E-state index contributed by atoms with van der Waals surface area (Å²) in [7, 11) is 0. The van der Waals surface area contributed by atoms with Crippen molar-refractivity contribution in [2.45, 2.75) is 238 Å². The van der Waals surface area contributed by atoms with Crippen molar-refractivity contribution >= 4 is 5.97 Å². The number of esters is 1. The molecule has 0 saturated carbocycles. The first-order valence-corrected chi connectivity index (χ1v) is 23.2. The lowest BCUT2D eigenvalue weighted by Gasteiger charge is -2.16. The number of unbranched alkanes of at least 4 members (excludes halogenated alkanes) is 27. The van der Waals surface area contributed by atoms with E-state index in [1.54, 1.807) is 0 Å². The van der Waals surface area contributed by atoms with Crippen molar-refractivity contribution in [3.05, 3.63) is 48.6 Å². The van der Waals surface area contributed by atoms with Gasteiger partial charge in [0.25, 0.3) is 0 Å². The SMILES string of the molecule is CCCCC/C=C\C/C=C\CCCCCCCCCC(=O)OC(CO)COCCCCCCCCCCCCCC/C=C\C/C=C\CCCCCCC. The molecule has 0 aliphatic rings. The van der Waals surface area contributed by atoms with Crippen LogP contribution in [0.2, 0.25) is 0 Å². The molecule has 0 saturated heterocycles. The smallest absolute Gasteiger partial charge is 0.306 e. The number of ether oxygens (including phenoxy) is 2. The number of aliphatic hydroxyl groups is 1. The fraction of sp³-hybridized carbons (Fsp3) is 0.816. The number of allylic oxidation sites excluding steroid dienone is 8. The number of rotatable bonds is 43. The molecule has 0 spiro atoms. The summed E-state index contributed by atoms with van der Waals surface area (Å²) in [6.07, 6.45) is 60.4. The van der Waals surface area contributed by atoms with Gasteiger partial charge in [-0.15, -0.1) is 0 Å². The van der Waals surface area contributed by atoms with Crippen molar-refractivity contribution in [2.75, 3.05) is 19.8 Å². The normalized spacial score (nSPS) is 12.7. The summed E-state index contributed by atoms with van der Waals surface area (Å²) in [5, 5.41) is 9.62. The van der Waals surface area contributed by atoms with Gasteiger partial charge in [0.1, 0.15) is 6.10 Å². The van der Waals surface area contributed by atoms with Gasteiger partial charge < -0.3 is 14.6 Å². The first-order valence-electron chi connectivity index (χ1n) is 23.2. The van der Waals surface area contributed by atoms with Crippen molar-refractivity contribution in [3.8, 4) is 0 Å². The molecule has 1 N–H and O–H groups in total. The average Bonchev–Trinajstić information content (AvgIpc) is 3.16. The third kappa shape index (κ3) is 44.6. The molecule has 0 rings (SSSR count). The first-order chi connectivity index (χ1) is 26.2. The molecule has 0 aromatic carbocycles. The van der Waals surface area contributed by atoms with E-state index >= 15 is 0 Å². The van der Waals surface area contributed by atoms with E-state index in [0.717, 1.165) is 32.1 Å². The molecule has 0 aromatic rings. The number of carbonyl (C=O) groups is 1. The van der Waals surface area contributed by atoms with E-state index in [2.05, 4.69) is 62.5 Å². The molecule has 0 amide bonds. The minimum Gasteiger partial charge on any atom is -0.457 e. The highest BCUT2D eigenvalue weighted by molar-refractivity contribution is 5.69. The fourth-order valence-electron chi connectivity index (χ4n) is 6.62. The van der Waals surface area contributed by atoms with Crippen LogP contribution < -0.4 is 0 Å². The monoisotopic (exact) mass is 743 g/mol. The Kier molecular flexibility index (Phi) is 45.1. The molecule has 0 aromatic heterocycles. The van der Waals surface area contributed by atoms with Crippen LogP contribution in [-0.2, 0) is 14.3 Å². The predicted molar refractivity (Wildman–Crippen MR) is 233 cm³/mol. The second-order valence-electron chi connectivity index (χ2n) is 15.5. The third-order valence-electron chi connectivity index (χ3n) is 10.1. The summed E-state index contributed by atoms with van der Waals surface area (Å²) in [6, 6.07) is 0. The van der Waals surface area contributed by atoms with Crippen LogP contribution in [0.15, 0.2) is 48.6 Å². The van der Waals surface area contributed by atoms with Crippen molar-refractivity contribution in [2.24, 2.45) is 0 Å². The molecule has 4 heteroatoms. The van der Waals surface area contributed by atoms with Crippen LogP contribution in [-0.4, -0.2) is 37.0 Å². The predicted octanol–water partition coefficient (Wildman–Crippen LogP) is 15.4. The molecule has 1 unspecified atom stereocenters. The van der Waals surface area contributed by atoms with Gasteiger partial charge in [0.15, 0.2) is 0 Å². The minimum absolute atomic E-state index is 0.175. The van der Waals surface area contributed by atoms with Gasteiger partial charge >= 0.3 is 5.97 Å². The van der Waals surface area contributed by atoms with E-state index < -0.39 is 6.10 Å². The summed E-state index contributed by atoms with van der Waals surface area (Å²) in [6.45, 7) is 5.32. The Labute approximate surface area is 331 Å². The van der Waals surface area contributed by atoms with Crippen LogP contribution in [0.5, 0.6) is 0 Å². The zero-order chi connectivity index (χ0) is 38.4. The molecular formula is C49H90O4. The van der Waals surface area contributed by atoms with Gasteiger partial charge in [-0.1, -0.05) is 197 Å². The maximum absolute atomic E-state index is 12.2. The minimum atomic E-state index is -0.540. The molecule has 310 valence electrons. The zero-order valence-corrected chi connectivity index (χ0v) is 35.5. The van der Waals surface area contributed by atoms with Crippen LogP contribution in [0, 0.1) is 0 Å². The topological polar surface area (TPSA) is 55.8 Å². The van der Waals surface area contributed by atoms with Gasteiger partial charge in [0, 0.05) is 13.0 Å². The van der Waals surface area contributed by atoms with E-state index in [4.69, 9.17) is 9.47 Å². The first kappa shape index (κ1) is 51.4. The largest absolute Gasteiger partial charge is 0.457 e. The van der Waals surface area contributed by atoms with E-state index in [9.17, 15) is 9.90 Å². The second kappa shape index (κ2) is 46.5. The van der Waals surface area contributed by atoms with E-state index in [1.165, 1.54) is 180 Å². The van der Waals surface area contributed by atoms with Crippen LogP contribution in [0.4, 0.5) is 0 Å². The zero-order valence-electron chi connectivity index (χ0n) is 35.5. The highest BCUT2D eigenvalue weighted by Gasteiger charge is 2.13. The van der Waals surface area contributed by atoms with Gasteiger partial charge in [0.2, 0.25) is 0 Å². The van der Waals surface area contributed by atoms with Gasteiger partial charge in [-0.2, -0.15) is 0 Å². The highest BCUT2D eigenvalue weighted by atomic mass is 16.6. The molecule has 53 heavy (non-hydrogen) atoms. The van der Waals surface area contributed by atoms with E-state index in [1.807, 2.05) is 0 Å². The maximum atomic E-state index is 12.2. The Bertz CT molecular complexity index is 828. The van der Waals surface area contributed by atoms with Crippen LogP contribution in [0.1, 0.15) is 232 Å². The van der Waals surface area contributed by atoms with Crippen LogP contribution in [0.25, 0.3) is 0 Å². The Morgan fingerprint density at radius 2 is 0.792 bits per heavy atom. The second-order valence-corrected chi connectivity index (χ2v) is 15.5. The Morgan fingerprint density at radius 1 is 0.453 bits per heavy atom. The van der Waals surface area contributed by atoms with Crippen molar-refractivity contribution < 1.29 is 19.4 Å². The van der Waals surface area contributed by atoms with Crippen molar-refractivity contribution in [1.29, 1.82) is 0 Å². The molecule has 0 aliphatic carbocycles. The Morgan fingerprint density at radius 3 is 1.21 bits per heavy atom. The summed E-state index contributed by atoms with van der Waals surface area (Å²) in [5.41, 5.74) is 0. The summed E-state index contributed by atoms with van der Waals surface area (Å²) < 4.78 is 11.2. The van der Waals surface area contributed by atoms with Crippen molar-refractivity contribution in [1.82, 2.24) is 0 Å². The molecular weight excluding hydrogens is 653 g/mol. The summed E-state index contributed by atoms with van der Waals surface area (Å²) >= 11 is 0. The van der Waals surface area contributed by atoms with Crippen molar-refractivity contribution in [3.63, 3.8) is 0 Å². The molecule has 0 fully saturated rings. The number of hydrogen-bond donors (Lipinski definition) is 1. The number of carbonyl (C=O) groups excluding carboxylic acids is 1. The lowest BCUT2D eigenvalue weighted by molar-refractivity contribution is -0.154. The quantitative estimate of drug-likeness (QED) is 0.0384. The Balaban J connectivity index is 3.42. The number of hydrogen-bond acceptors (Lipinski definition) is 4. The summed E-state index contributed by atoms with van der Waals surface area (Å²) in [5.74, 6) is -0.208.